The van der Waals surface area contributed by atoms with E-state index in [1.807, 2.05) is 31.2 Å². The van der Waals surface area contributed by atoms with Crippen LogP contribution in [0.5, 0.6) is 0 Å². The predicted octanol–water partition coefficient (Wildman–Crippen LogP) is 3.05. The molecule has 1 N–H and O–H groups in total. The van der Waals surface area contributed by atoms with Crippen molar-refractivity contribution in [2.45, 2.75) is 38.8 Å². The minimum absolute atomic E-state index is 0.0685. The summed E-state index contributed by atoms with van der Waals surface area (Å²) in [5.41, 5.74) is -0.744. The van der Waals surface area contributed by atoms with Gasteiger partial charge >= 0.3 is 12.1 Å². The van der Waals surface area contributed by atoms with E-state index in [0.717, 1.165) is 16.9 Å². The normalized spacial score (nSPS) is 21.1. The Balaban J connectivity index is 1.97. The molecule has 1 aromatic carbocycles. The molecule has 24 heavy (non-hydrogen) atoms. The minimum atomic E-state index is -4.87. The van der Waals surface area contributed by atoms with Crippen molar-refractivity contribution in [3.8, 4) is 0 Å². The molecule has 0 aliphatic carbocycles. The molecule has 7 heteroatoms. The number of aliphatic carboxylic acids is 1. The molecule has 0 bridgehead atoms. The smallest absolute Gasteiger partial charge is 0.406 e. The molecule has 1 heterocycles. The van der Waals surface area contributed by atoms with Crippen LogP contribution in [0.4, 0.5) is 13.2 Å². The Morgan fingerprint density at radius 1 is 1.21 bits per heavy atom. The van der Waals surface area contributed by atoms with Gasteiger partial charge in [-0.25, -0.2) is 0 Å². The molecule has 0 spiro atoms. The molecule has 1 atom stereocenters. The third-order valence-electron chi connectivity index (χ3n) is 4.63. The van der Waals surface area contributed by atoms with Crippen molar-refractivity contribution in [2.75, 3.05) is 13.1 Å². The first-order valence-corrected chi connectivity index (χ1v) is 7.85. The molecule has 1 unspecified atom stereocenters. The Morgan fingerprint density at radius 2 is 1.79 bits per heavy atom. The van der Waals surface area contributed by atoms with Crippen LogP contribution in [0.25, 0.3) is 0 Å². The number of amides is 1. The maximum Gasteiger partial charge on any atom is 0.406 e. The van der Waals surface area contributed by atoms with Gasteiger partial charge in [0.25, 0.3) is 0 Å². The van der Waals surface area contributed by atoms with Crippen LogP contribution in [0.15, 0.2) is 24.3 Å². The van der Waals surface area contributed by atoms with E-state index in [2.05, 4.69) is 0 Å². The average Bonchev–Trinajstić information content (AvgIpc) is 3.00. The maximum absolute atomic E-state index is 13.1. The van der Waals surface area contributed by atoms with Crippen LogP contribution >= 0.6 is 0 Å². The highest BCUT2D eigenvalue weighted by atomic mass is 19.4. The Labute approximate surface area is 138 Å². The highest BCUT2D eigenvalue weighted by molar-refractivity contribution is 5.81. The number of carboxylic acid groups (broad SMARTS) is 1. The lowest BCUT2D eigenvalue weighted by atomic mass is 9.86. The number of likely N-dealkylation sites (tertiary alicyclic amines) is 1. The highest BCUT2D eigenvalue weighted by Crippen LogP contribution is 2.45. The van der Waals surface area contributed by atoms with E-state index in [0.29, 0.717) is 6.42 Å². The van der Waals surface area contributed by atoms with E-state index in [9.17, 15) is 22.8 Å². The monoisotopic (exact) mass is 343 g/mol. The number of carbonyl (C=O) groups excluding carboxylic acids is 1. The first kappa shape index (κ1) is 18.3. The standard InChI is InChI=1S/C17H20F3NO3/c1-2-12-3-5-13(6-4-12)7-8-14(22)21-10-9-16(11-21,15(23)24)17(18,19)20/h3-6H,2,7-11H2,1H3,(H,23,24). The van der Waals surface area contributed by atoms with Crippen LogP contribution < -0.4 is 0 Å². The molecule has 2 rings (SSSR count). The lowest BCUT2D eigenvalue weighted by molar-refractivity contribution is -0.227. The summed E-state index contributed by atoms with van der Waals surface area (Å²) in [6.07, 6.45) is -4.07. The van der Waals surface area contributed by atoms with Gasteiger partial charge in [0.2, 0.25) is 5.91 Å². The van der Waals surface area contributed by atoms with E-state index in [1.165, 1.54) is 5.56 Å². The van der Waals surface area contributed by atoms with Crippen LogP contribution in [-0.2, 0) is 22.4 Å². The van der Waals surface area contributed by atoms with Gasteiger partial charge in [-0.05, 0) is 30.4 Å². The summed E-state index contributed by atoms with van der Waals surface area (Å²) in [5.74, 6) is -2.36. The molecule has 0 radical (unpaired) electrons. The average molecular weight is 343 g/mol. The van der Waals surface area contributed by atoms with Gasteiger partial charge in [-0.15, -0.1) is 0 Å². The summed E-state index contributed by atoms with van der Waals surface area (Å²) in [4.78, 5) is 24.3. The summed E-state index contributed by atoms with van der Waals surface area (Å²) in [6.45, 7) is 1.04. The number of hydrogen-bond acceptors (Lipinski definition) is 2. The first-order valence-electron chi connectivity index (χ1n) is 7.85. The van der Waals surface area contributed by atoms with Crippen molar-refractivity contribution in [3.63, 3.8) is 0 Å². The second-order valence-corrected chi connectivity index (χ2v) is 6.12. The maximum atomic E-state index is 13.1. The topological polar surface area (TPSA) is 57.6 Å². The van der Waals surface area contributed by atoms with Crippen LogP contribution in [0, 0.1) is 5.41 Å². The molecule has 1 aliphatic rings. The number of rotatable bonds is 5. The molecule has 0 aromatic heterocycles. The van der Waals surface area contributed by atoms with Gasteiger partial charge in [0.05, 0.1) is 0 Å². The van der Waals surface area contributed by atoms with Gasteiger partial charge in [-0.2, -0.15) is 13.2 Å². The Hall–Kier alpha value is -2.05. The number of alkyl halides is 3. The second-order valence-electron chi connectivity index (χ2n) is 6.12. The Morgan fingerprint density at radius 3 is 2.25 bits per heavy atom. The number of benzene rings is 1. The fraction of sp³-hybridized carbons (Fsp3) is 0.529. The van der Waals surface area contributed by atoms with E-state index in [1.54, 1.807) is 0 Å². The molecule has 1 aromatic rings. The number of carboxylic acids is 1. The first-order chi connectivity index (χ1) is 11.2. The molecule has 0 saturated carbocycles. The molecule has 1 amide bonds. The molecule has 1 aliphatic heterocycles. The molecule has 4 nitrogen and oxygen atoms in total. The largest absolute Gasteiger partial charge is 0.481 e. The molecular weight excluding hydrogens is 323 g/mol. The zero-order chi connectivity index (χ0) is 18.0. The predicted molar refractivity (Wildman–Crippen MR) is 81.5 cm³/mol. The summed E-state index contributed by atoms with van der Waals surface area (Å²) < 4.78 is 39.3. The molecule has 1 saturated heterocycles. The highest BCUT2D eigenvalue weighted by Gasteiger charge is 2.64. The van der Waals surface area contributed by atoms with Gasteiger partial charge in [0.15, 0.2) is 5.41 Å². The van der Waals surface area contributed by atoms with Crippen molar-refractivity contribution in [2.24, 2.45) is 5.41 Å². The van der Waals surface area contributed by atoms with Crippen LogP contribution in [0.1, 0.15) is 30.9 Å². The number of aryl methyl sites for hydroxylation is 2. The molecular formula is C17H20F3NO3. The number of nitrogens with zero attached hydrogens (tertiary/aromatic N) is 1. The van der Waals surface area contributed by atoms with Gasteiger partial charge < -0.3 is 10.0 Å². The molecule has 132 valence electrons. The van der Waals surface area contributed by atoms with Gasteiger partial charge in [0, 0.05) is 19.5 Å². The summed E-state index contributed by atoms with van der Waals surface area (Å²) in [5, 5.41) is 9.00. The second kappa shape index (κ2) is 6.83. The van der Waals surface area contributed by atoms with E-state index in [-0.39, 0.29) is 13.0 Å². The van der Waals surface area contributed by atoms with Crippen LogP contribution in [-0.4, -0.2) is 41.1 Å². The fourth-order valence-corrected chi connectivity index (χ4v) is 2.90. The Kier molecular flexibility index (Phi) is 5.20. The lowest BCUT2D eigenvalue weighted by Crippen LogP contribution is -2.47. The number of carbonyl (C=O) groups is 2. The third kappa shape index (κ3) is 3.55. The quantitative estimate of drug-likeness (QED) is 0.894. The summed E-state index contributed by atoms with van der Waals surface area (Å²) >= 11 is 0. The third-order valence-corrected chi connectivity index (χ3v) is 4.63. The van der Waals surface area contributed by atoms with Crippen molar-refractivity contribution in [3.05, 3.63) is 35.4 Å². The van der Waals surface area contributed by atoms with Crippen molar-refractivity contribution in [1.82, 2.24) is 4.90 Å². The van der Waals surface area contributed by atoms with Gasteiger partial charge in [0.1, 0.15) is 0 Å². The van der Waals surface area contributed by atoms with Gasteiger partial charge in [-0.3, -0.25) is 9.59 Å². The van der Waals surface area contributed by atoms with E-state index < -0.39 is 36.4 Å². The van der Waals surface area contributed by atoms with Crippen LogP contribution in [0.3, 0.4) is 0 Å². The fourth-order valence-electron chi connectivity index (χ4n) is 2.90. The van der Waals surface area contributed by atoms with Crippen molar-refractivity contribution in [1.29, 1.82) is 0 Å². The lowest BCUT2D eigenvalue weighted by Gasteiger charge is -2.27. The summed E-state index contributed by atoms with van der Waals surface area (Å²) in [7, 11) is 0. The summed E-state index contributed by atoms with van der Waals surface area (Å²) in [6, 6.07) is 7.70. The number of halogens is 3. The molecule has 1 fully saturated rings. The van der Waals surface area contributed by atoms with Gasteiger partial charge in [-0.1, -0.05) is 31.2 Å². The SMILES string of the molecule is CCc1ccc(CCC(=O)N2CCC(C(=O)O)(C(F)(F)F)C2)cc1. The zero-order valence-corrected chi connectivity index (χ0v) is 13.4. The number of hydrogen-bond donors (Lipinski definition) is 1. The van der Waals surface area contributed by atoms with Crippen molar-refractivity contribution < 1.29 is 27.9 Å². The Bertz CT molecular complexity index is 613. The van der Waals surface area contributed by atoms with Crippen LogP contribution in [0.2, 0.25) is 0 Å². The zero-order valence-electron chi connectivity index (χ0n) is 13.4. The minimum Gasteiger partial charge on any atom is -0.481 e. The van der Waals surface area contributed by atoms with E-state index in [4.69, 9.17) is 5.11 Å². The van der Waals surface area contributed by atoms with E-state index >= 15 is 0 Å². The van der Waals surface area contributed by atoms with Crippen molar-refractivity contribution >= 4 is 11.9 Å².